The molecular formula is C25H16F3N5O. The fourth-order valence-electron chi connectivity index (χ4n) is 4.21. The second-order valence-electron chi connectivity index (χ2n) is 7.88. The first kappa shape index (κ1) is 21.4. The number of nitrogens with zero attached hydrogens (tertiary/aromatic N) is 5. The van der Waals surface area contributed by atoms with Crippen LogP contribution in [0.25, 0.3) is 27.4 Å². The number of fused-ring (bicyclic) bond motifs is 1. The summed E-state index contributed by atoms with van der Waals surface area (Å²) in [5.41, 5.74) is 2.32. The third-order valence-electron chi connectivity index (χ3n) is 5.83. The molecule has 0 unspecified atom stereocenters. The molecule has 4 aromatic rings. The summed E-state index contributed by atoms with van der Waals surface area (Å²) in [6.07, 6.45) is -2.99. The molecule has 0 radical (unpaired) electrons. The van der Waals surface area contributed by atoms with Crippen molar-refractivity contribution < 1.29 is 18.0 Å². The van der Waals surface area contributed by atoms with Crippen LogP contribution in [0.5, 0.6) is 0 Å². The van der Waals surface area contributed by atoms with Crippen LogP contribution in [0.1, 0.15) is 21.5 Å². The van der Waals surface area contributed by atoms with E-state index < -0.39 is 17.6 Å². The Morgan fingerprint density at radius 1 is 1.00 bits per heavy atom. The summed E-state index contributed by atoms with van der Waals surface area (Å²) in [5, 5.41) is 8.08. The lowest BCUT2D eigenvalue weighted by Crippen LogP contribution is -2.23. The predicted molar refractivity (Wildman–Crippen MR) is 120 cm³/mol. The normalized spacial score (nSPS) is 13.1. The number of amides is 1. The molecule has 1 aliphatic heterocycles. The quantitative estimate of drug-likeness (QED) is 0.360. The van der Waals surface area contributed by atoms with Crippen molar-refractivity contribution in [3.63, 3.8) is 0 Å². The molecule has 0 N–H and O–H groups in total. The number of rotatable bonds is 3. The topological polar surface area (TPSA) is 55.4 Å². The van der Waals surface area contributed by atoms with Gasteiger partial charge in [-0.2, -0.15) is 13.2 Å². The molecule has 1 aromatic heterocycles. The third kappa shape index (κ3) is 3.49. The molecule has 1 aliphatic rings. The molecule has 0 spiro atoms. The van der Waals surface area contributed by atoms with Crippen molar-refractivity contribution in [3.05, 3.63) is 95.1 Å². The maximum Gasteiger partial charge on any atom is 0.416 e. The van der Waals surface area contributed by atoms with E-state index in [1.54, 1.807) is 54.3 Å². The van der Waals surface area contributed by atoms with Crippen molar-refractivity contribution in [2.45, 2.75) is 12.7 Å². The smallest absolute Gasteiger partial charge is 0.317 e. The van der Waals surface area contributed by atoms with Gasteiger partial charge in [0, 0.05) is 23.9 Å². The van der Waals surface area contributed by atoms with Crippen LogP contribution in [0.3, 0.4) is 0 Å². The van der Waals surface area contributed by atoms with Gasteiger partial charge in [0.05, 0.1) is 18.7 Å². The molecule has 0 bridgehead atoms. The van der Waals surface area contributed by atoms with E-state index in [1.165, 1.54) is 17.0 Å². The second-order valence-corrected chi connectivity index (χ2v) is 7.88. The van der Waals surface area contributed by atoms with E-state index in [-0.39, 0.29) is 17.7 Å². The van der Waals surface area contributed by atoms with Crippen LogP contribution < -0.4 is 4.90 Å². The first-order chi connectivity index (χ1) is 16.3. The van der Waals surface area contributed by atoms with Gasteiger partial charge >= 0.3 is 6.18 Å². The van der Waals surface area contributed by atoms with Gasteiger partial charge in [-0.15, -0.1) is 10.2 Å². The highest BCUT2D eigenvalue weighted by Crippen LogP contribution is 2.40. The van der Waals surface area contributed by atoms with E-state index in [1.807, 2.05) is 6.07 Å². The maximum atomic E-state index is 13.5. The molecule has 3 aromatic carbocycles. The number of aromatic nitrogens is 3. The molecule has 5 rings (SSSR count). The van der Waals surface area contributed by atoms with Gasteiger partial charge in [-0.1, -0.05) is 30.3 Å². The Kier molecular flexibility index (Phi) is 4.94. The zero-order valence-corrected chi connectivity index (χ0v) is 17.8. The lowest BCUT2D eigenvalue weighted by atomic mass is 9.97. The van der Waals surface area contributed by atoms with Gasteiger partial charge in [0.2, 0.25) is 0 Å². The highest BCUT2D eigenvalue weighted by atomic mass is 19.4. The van der Waals surface area contributed by atoms with Gasteiger partial charge in [0.1, 0.15) is 6.33 Å². The largest absolute Gasteiger partial charge is 0.416 e. The van der Waals surface area contributed by atoms with Crippen molar-refractivity contribution in [2.24, 2.45) is 7.05 Å². The summed E-state index contributed by atoms with van der Waals surface area (Å²) < 4.78 is 42.2. The van der Waals surface area contributed by atoms with Gasteiger partial charge < -0.3 is 9.47 Å². The summed E-state index contributed by atoms with van der Waals surface area (Å²) in [6.45, 7) is 7.18. The molecule has 168 valence electrons. The average molecular weight is 459 g/mol. The van der Waals surface area contributed by atoms with Crippen molar-refractivity contribution in [1.82, 2.24) is 14.8 Å². The molecule has 2 heterocycles. The Morgan fingerprint density at radius 3 is 2.50 bits per heavy atom. The molecule has 34 heavy (non-hydrogen) atoms. The van der Waals surface area contributed by atoms with Crippen LogP contribution in [0, 0.1) is 6.57 Å². The van der Waals surface area contributed by atoms with Crippen molar-refractivity contribution in [1.29, 1.82) is 0 Å². The standard InChI is InChI=1S/C25H16F3N5O/c1-29-16-9-10-18(20(12-16)23-31-30-14-32(23)2)15-5-3-6-17(11-15)33-13-21-19(24(33)34)7-4-8-22(21)25(26,27)28/h3-12,14H,13H2,2H3. The number of hydrogen-bond acceptors (Lipinski definition) is 3. The number of carbonyl (C=O) groups excluding carboxylic acids is 1. The van der Waals surface area contributed by atoms with Crippen LogP contribution in [0.15, 0.2) is 67.0 Å². The molecule has 1 amide bonds. The van der Waals surface area contributed by atoms with Crippen molar-refractivity contribution in [2.75, 3.05) is 4.90 Å². The van der Waals surface area contributed by atoms with E-state index in [0.29, 0.717) is 22.8 Å². The number of alkyl halides is 3. The summed E-state index contributed by atoms with van der Waals surface area (Å²) in [6, 6.07) is 15.9. The number of anilines is 1. The van der Waals surface area contributed by atoms with E-state index in [9.17, 15) is 18.0 Å². The Hall–Kier alpha value is -4.45. The molecule has 9 heteroatoms. The van der Waals surface area contributed by atoms with Gasteiger partial charge in [-0.05, 0) is 47.0 Å². The highest BCUT2D eigenvalue weighted by Gasteiger charge is 2.39. The fourth-order valence-corrected chi connectivity index (χ4v) is 4.21. The molecule has 0 saturated carbocycles. The Bertz CT molecular complexity index is 1480. The van der Waals surface area contributed by atoms with Crippen molar-refractivity contribution in [3.8, 4) is 22.5 Å². The lowest BCUT2D eigenvalue weighted by molar-refractivity contribution is -0.138. The highest BCUT2D eigenvalue weighted by molar-refractivity contribution is 6.10. The number of aryl methyl sites for hydroxylation is 1. The Morgan fingerprint density at radius 2 is 1.79 bits per heavy atom. The second kappa shape index (κ2) is 7.85. The first-order valence-corrected chi connectivity index (χ1v) is 10.2. The van der Waals surface area contributed by atoms with Crippen LogP contribution in [0.2, 0.25) is 0 Å². The predicted octanol–water partition coefficient (Wildman–Crippen LogP) is 5.88. The van der Waals surface area contributed by atoms with Crippen LogP contribution in [0.4, 0.5) is 24.5 Å². The van der Waals surface area contributed by atoms with E-state index in [0.717, 1.165) is 17.2 Å². The minimum atomic E-state index is -4.54. The SMILES string of the molecule is [C-]#[N+]c1ccc(-c2cccc(N3Cc4c(cccc4C(F)(F)F)C3=O)c2)c(-c2nncn2C)c1. The minimum Gasteiger partial charge on any atom is -0.317 e. The molecular weight excluding hydrogens is 443 g/mol. The number of benzene rings is 3. The number of halogens is 3. The zero-order chi connectivity index (χ0) is 24.0. The summed E-state index contributed by atoms with van der Waals surface area (Å²) in [7, 11) is 1.79. The zero-order valence-electron chi connectivity index (χ0n) is 17.8. The molecule has 0 saturated heterocycles. The van der Waals surface area contributed by atoms with Crippen LogP contribution in [-0.4, -0.2) is 20.7 Å². The monoisotopic (exact) mass is 459 g/mol. The van der Waals surface area contributed by atoms with E-state index in [2.05, 4.69) is 15.0 Å². The third-order valence-corrected chi connectivity index (χ3v) is 5.83. The van der Waals surface area contributed by atoms with E-state index in [4.69, 9.17) is 6.57 Å². The molecule has 0 aliphatic carbocycles. The number of carbonyl (C=O) groups is 1. The summed E-state index contributed by atoms with van der Waals surface area (Å²) in [5.74, 6) is 0.0838. The van der Waals surface area contributed by atoms with Crippen LogP contribution >= 0.6 is 0 Å². The van der Waals surface area contributed by atoms with E-state index >= 15 is 0 Å². The Balaban J connectivity index is 1.58. The fraction of sp³-hybridized carbons (Fsp3) is 0.120. The van der Waals surface area contributed by atoms with Gasteiger partial charge in [-0.3, -0.25) is 4.79 Å². The molecule has 6 nitrogen and oxygen atoms in total. The molecule has 0 atom stereocenters. The minimum absolute atomic E-state index is 0.0217. The first-order valence-electron chi connectivity index (χ1n) is 10.2. The maximum absolute atomic E-state index is 13.5. The van der Waals surface area contributed by atoms with Gasteiger partial charge in [0.25, 0.3) is 5.91 Å². The van der Waals surface area contributed by atoms with Gasteiger partial charge in [0.15, 0.2) is 11.5 Å². The lowest BCUT2D eigenvalue weighted by Gasteiger charge is -2.18. The number of hydrogen-bond donors (Lipinski definition) is 0. The Labute approximate surface area is 192 Å². The van der Waals surface area contributed by atoms with Gasteiger partial charge in [-0.25, -0.2) is 4.85 Å². The van der Waals surface area contributed by atoms with Crippen molar-refractivity contribution >= 4 is 17.3 Å². The average Bonchev–Trinajstić information content (AvgIpc) is 3.41. The molecule has 0 fully saturated rings. The van der Waals surface area contributed by atoms with Crippen LogP contribution in [-0.2, 0) is 19.8 Å². The summed E-state index contributed by atoms with van der Waals surface area (Å²) >= 11 is 0. The summed E-state index contributed by atoms with van der Waals surface area (Å²) in [4.78, 5) is 17.9.